The quantitative estimate of drug-likeness (QED) is 0.284. The summed E-state index contributed by atoms with van der Waals surface area (Å²) in [5.41, 5.74) is 3.24. The fraction of sp³-hybridized carbons (Fsp3) is 0.483. The molecule has 6 heteroatoms. The number of nitrogens with zero attached hydrogens (tertiary/aromatic N) is 1. The summed E-state index contributed by atoms with van der Waals surface area (Å²) in [7, 11) is 3.10. The molecule has 0 aliphatic carbocycles. The number of rotatable bonds is 11. The molecule has 0 saturated heterocycles. The Bertz CT molecular complexity index is 1090. The monoisotopic (exact) mass is 478 g/mol. The lowest BCUT2D eigenvalue weighted by molar-refractivity contribution is -0.116. The van der Waals surface area contributed by atoms with Gasteiger partial charge >= 0.3 is 0 Å². The van der Waals surface area contributed by atoms with E-state index in [0.717, 1.165) is 36.8 Å². The number of amides is 1. The number of ketones is 1. The smallest absolute Gasteiger partial charge is 0.224 e. The molecular formula is C29H38N2O4. The zero-order chi connectivity index (χ0) is 26.2. The van der Waals surface area contributed by atoms with E-state index in [2.05, 4.69) is 39.1 Å². The average Bonchev–Trinajstić information content (AvgIpc) is 2.81. The number of unbranched alkanes of at least 4 members (excludes halogenated alkanes) is 2. The molecule has 1 amide bonds. The highest BCUT2D eigenvalue weighted by Gasteiger charge is 2.24. The molecule has 1 atom stereocenters. The van der Waals surface area contributed by atoms with Gasteiger partial charge in [-0.3, -0.25) is 9.59 Å². The molecule has 2 aromatic rings. The largest absolute Gasteiger partial charge is 0.496 e. The fourth-order valence-electron chi connectivity index (χ4n) is 4.26. The second-order valence-electron chi connectivity index (χ2n) is 9.92. The standard InChI is InChI=1S/C29H38N2O4/c1-8-9-10-11-21(23-14-22(18-30)26(34-6)17-27(23)35-7)16-28(33)31-25-13-12-20(19(2)32)15-24(25)29(3,4)5/h12-15,17,21H,8-11,16H2,1-7H3,(H,31,33). The number of carbonyl (C=O) groups excluding carboxylic acids is 2. The van der Waals surface area contributed by atoms with Crippen LogP contribution in [0.25, 0.3) is 0 Å². The van der Waals surface area contributed by atoms with Gasteiger partial charge in [0.25, 0.3) is 0 Å². The Morgan fingerprint density at radius 2 is 1.74 bits per heavy atom. The van der Waals surface area contributed by atoms with Crippen LogP contribution in [0, 0.1) is 11.3 Å². The summed E-state index contributed by atoms with van der Waals surface area (Å²) in [6.07, 6.45) is 4.13. The van der Waals surface area contributed by atoms with Crippen LogP contribution in [0.3, 0.4) is 0 Å². The third kappa shape index (κ3) is 7.32. The average molecular weight is 479 g/mol. The molecule has 0 heterocycles. The van der Waals surface area contributed by atoms with E-state index in [1.54, 1.807) is 32.2 Å². The van der Waals surface area contributed by atoms with Gasteiger partial charge in [-0.15, -0.1) is 0 Å². The summed E-state index contributed by atoms with van der Waals surface area (Å²) in [6, 6.07) is 11.1. The summed E-state index contributed by atoms with van der Waals surface area (Å²) in [5, 5.41) is 12.7. The van der Waals surface area contributed by atoms with Crippen LogP contribution < -0.4 is 14.8 Å². The normalized spacial score (nSPS) is 11.9. The Labute approximate surface area is 209 Å². The maximum atomic E-state index is 13.3. The summed E-state index contributed by atoms with van der Waals surface area (Å²) in [5.74, 6) is 0.805. The van der Waals surface area contributed by atoms with Crippen LogP contribution in [0.5, 0.6) is 11.5 Å². The van der Waals surface area contributed by atoms with Gasteiger partial charge in [-0.2, -0.15) is 5.26 Å². The van der Waals surface area contributed by atoms with E-state index in [0.29, 0.717) is 28.3 Å². The Morgan fingerprint density at radius 3 is 2.29 bits per heavy atom. The molecule has 1 unspecified atom stereocenters. The first-order valence-corrected chi connectivity index (χ1v) is 12.2. The summed E-state index contributed by atoms with van der Waals surface area (Å²) in [6.45, 7) is 9.85. The SMILES string of the molecule is CCCCCC(CC(=O)Nc1ccc(C(C)=O)cc1C(C)(C)C)c1cc(C#N)c(OC)cc1OC. The van der Waals surface area contributed by atoms with Crippen molar-refractivity contribution in [2.45, 2.75) is 78.1 Å². The molecule has 1 N–H and O–H groups in total. The van der Waals surface area contributed by atoms with Gasteiger partial charge in [0.2, 0.25) is 5.91 Å². The molecular weight excluding hydrogens is 440 g/mol. The molecule has 0 bridgehead atoms. The minimum absolute atomic E-state index is 0.00994. The molecule has 0 aromatic heterocycles. The zero-order valence-corrected chi connectivity index (χ0v) is 22.1. The second-order valence-corrected chi connectivity index (χ2v) is 9.92. The number of Topliss-reactive ketones (excluding diaryl/α,β-unsaturated/α-hetero) is 1. The van der Waals surface area contributed by atoms with Gasteiger partial charge in [-0.05, 0) is 60.1 Å². The van der Waals surface area contributed by atoms with Gasteiger partial charge in [0.05, 0.1) is 19.8 Å². The molecule has 2 rings (SSSR count). The summed E-state index contributed by atoms with van der Waals surface area (Å²) in [4.78, 5) is 25.2. The minimum Gasteiger partial charge on any atom is -0.496 e. The van der Waals surface area contributed by atoms with Gasteiger partial charge in [-0.25, -0.2) is 0 Å². The number of methoxy groups -OCH3 is 2. The van der Waals surface area contributed by atoms with Crippen molar-refractivity contribution in [1.82, 2.24) is 0 Å². The van der Waals surface area contributed by atoms with Crippen molar-refractivity contribution < 1.29 is 19.1 Å². The molecule has 0 fully saturated rings. The first kappa shape index (κ1) is 27.9. The number of anilines is 1. The van der Waals surface area contributed by atoms with E-state index in [4.69, 9.17) is 9.47 Å². The number of nitriles is 1. The zero-order valence-electron chi connectivity index (χ0n) is 22.1. The van der Waals surface area contributed by atoms with E-state index >= 15 is 0 Å². The predicted octanol–water partition coefficient (Wildman–Crippen LogP) is 6.77. The summed E-state index contributed by atoms with van der Waals surface area (Å²) < 4.78 is 11.0. The van der Waals surface area contributed by atoms with Crippen molar-refractivity contribution in [1.29, 1.82) is 5.26 Å². The number of hydrogen-bond acceptors (Lipinski definition) is 5. The van der Waals surface area contributed by atoms with Crippen LogP contribution >= 0.6 is 0 Å². The molecule has 188 valence electrons. The van der Waals surface area contributed by atoms with Crippen molar-refractivity contribution in [2.24, 2.45) is 0 Å². The Kier molecular flexibility index (Phi) is 9.89. The lowest BCUT2D eigenvalue weighted by Gasteiger charge is -2.25. The summed E-state index contributed by atoms with van der Waals surface area (Å²) >= 11 is 0. The number of benzene rings is 2. The highest BCUT2D eigenvalue weighted by Crippen LogP contribution is 2.38. The number of ether oxygens (including phenoxy) is 2. The van der Waals surface area contributed by atoms with Gasteiger partial charge < -0.3 is 14.8 Å². The molecule has 6 nitrogen and oxygen atoms in total. The van der Waals surface area contributed by atoms with Gasteiger partial charge in [0.15, 0.2) is 5.78 Å². The van der Waals surface area contributed by atoms with E-state index < -0.39 is 0 Å². The third-order valence-electron chi connectivity index (χ3n) is 6.21. The van der Waals surface area contributed by atoms with Crippen molar-refractivity contribution in [3.05, 3.63) is 52.6 Å². The Balaban J connectivity index is 2.40. The second kappa shape index (κ2) is 12.4. The van der Waals surface area contributed by atoms with E-state index in [9.17, 15) is 14.9 Å². The molecule has 0 spiro atoms. The van der Waals surface area contributed by atoms with Crippen LogP contribution in [-0.4, -0.2) is 25.9 Å². The first-order valence-electron chi connectivity index (χ1n) is 12.2. The van der Waals surface area contributed by atoms with E-state index in [1.165, 1.54) is 7.11 Å². The lowest BCUT2D eigenvalue weighted by atomic mass is 9.84. The highest BCUT2D eigenvalue weighted by atomic mass is 16.5. The van der Waals surface area contributed by atoms with Crippen LogP contribution in [0.1, 0.15) is 99.7 Å². The van der Waals surface area contributed by atoms with Gasteiger partial charge in [-0.1, -0.05) is 47.0 Å². The van der Waals surface area contributed by atoms with Crippen molar-refractivity contribution in [3.63, 3.8) is 0 Å². The first-order chi connectivity index (χ1) is 16.5. The number of hydrogen-bond donors (Lipinski definition) is 1. The Hall–Kier alpha value is -3.33. The molecule has 0 aliphatic heterocycles. The minimum atomic E-state index is -0.254. The molecule has 2 aromatic carbocycles. The van der Waals surface area contributed by atoms with E-state index in [1.807, 2.05) is 12.1 Å². The van der Waals surface area contributed by atoms with Crippen LogP contribution in [-0.2, 0) is 10.2 Å². The maximum Gasteiger partial charge on any atom is 0.224 e. The molecule has 0 saturated carbocycles. The van der Waals surface area contributed by atoms with Crippen LogP contribution in [0.2, 0.25) is 0 Å². The maximum absolute atomic E-state index is 13.3. The highest BCUT2D eigenvalue weighted by molar-refractivity contribution is 5.97. The van der Waals surface area contributed by atoms with E-state index in [-0.39, 0.29) is 29.4 Å². The van der Waals surface area contributed by atoms with Crippen molar-refractivity contribution >= 4 is 17.4 Å². The number of carbonyl (C=O) groups is 2. The Morgan fingerprint density at radius 1 is 1.06 bits per heavy atom. The molecule has 35 heavy (non-hydrogen) atoms. The third-order valence-corrected chi connectivity index (χ3v) is 6.21. The van der Waals surface area contributed by atoms with Gasteiger partial charge in [0, 0.05) is 23.7 Å². The van der Waals surface area contributed by atoms with Crippen LogP contribution in [0.4, 0.5) is 5.69 Å². The topological polar surface area (TPSA) is 88.4 Å². The lowest BCUT2D eigenvalue weighted by Crippen LogP contribution is -2.21. The van der Waals surface area contributed by atoms with Gasteiger partial charge in [0.1, 0.15) is 17.6 Å². The predicted molar refractivity (Wildman–Crippen MR) is 140 cm³/mol. The van der Waals surface area contributed by atoms with Crippen molar-refractivity contribution in [3.8, 4) is 17.6 Å². The fourth-order valence-corrected chi connectivity index (χ4v) is 4.26. The molecule has 0 radical (unpaired) electrons. The van der Waals surface area contributed by atoms with Crippen molar-refractivity contribution in [2.75, 3.05) is 19.5 Å². The molecule has 0 aliphatic rings. The van der Waals surface area contributed by atoms with Crippen LogP contribution in [0.15, 0.2) is 30.3 Å². The number of nitrogens with one attached hydrogen (secondary N) is 1.